The number of fused-ring (bicyclic) bond motifs is 1. The minimum atomic E-state index is 0.385. The van der Waals surface area contributed by atoms with Crippen molar-refractivity contribution in [2.75, 3.05) is 6.26 Å². The van der Waals surface area contributed by atoms with Gasteiger partial charge in [-0.25, -0.2) is 0 Å². The van der Waals surface area contributed by atoms with Gasteiger partial charge in [-0.2, -0.15) is 0 Å². The van der Waals surface area contributed by atoms with E-state index in [1.807, 2.05) is 0 Å². The fourth-order valence-corrected chi connectivity index (χ4v) is 3.14. The van der Waals surface area contributed by atoms with E-state index in [-0.39, 0.29) is 0 Å². The van der Waals surface area contributed by atoms with Crippen molar-refractivity contribution < 1.29 is 4.79 Å². The Kier molecular flexibility index (Phi) is 2.55. The lowest BCUT2D eigenvalue weighted by Crippen LogP contribution is -2.13. The molecule has 0 bridgehead atoms. The zero-order chi connectivity index (χ0) is 11.1. The van der Waals surface area contributed by atoms with Crippen LogP contribution in [0.2, 0.25) is 0 Å². The molecule has 3 rings (SSSR count). The third-order valence-electron chi connectivity index (χ3n) is 3.61. The Bertz CT molecular complexity index is 446. The summed E-state index contributed by atoms with van der Waals surface area (Å²) in [6.45, 7) is 0. The van der Waals surface area contributed by atoms with Crippen molar-refractivity contribution in [2.45, 2.75) is 42.9 Å². The summed E-state index contributed by atoms with van der Waals surface area (Å²) in [4.78, 5) is 13.4. The summed E-state index contributed by atoms with van der Waals surface area (Å²) in [7, 11) is 0. The molecule has 0 atom stereocenters. The van der Waals surface area contributed by atoms with E-state index in [1.54, 1.807) is 11.8 Å². The lowest BCUT2D eigenvalue weighted by Gasteiger charge is -2.19. The van der Waals surface area contributed by atoms with Crippen LogP contribution in [0.15, 0.2) is 17.0 Å². The third kappa shape index (κ3) is 1.69. The summed E-state index contributed by atoms with van der Waals surface area (Å²) in [5.74, 6) is 1.07. The number of hydrogen-bond donors (Lipinski definition) is 0. The van der Waals surface area contributed by atoms with Gasteiger partial charge in [0.05, 0.1) is 0 Å². The predicted octanol–water partition coefficient (Wildman–Crippen LogP) is 3.80. The van der Waals surface area contributed by atoms with E-state index in [4.69, 9.17) is 0 Å². The van der Waals surface area contributed by atoms with Crippen LogP contribution in [0, 0.1) is 0 Å². The molecule has 2 aliphatic rings. The van der Waals surface area contributed by atoms with Crippen molar-refractivity contribution in [1.29, 1.82) is 0 Å². The monoisotopic (exact) mass is 232 g/mol. The van der Waals surface area contributed by atoms with Crippen LogP contribution >= 0.6 is 11.8 Å². The van der Waals surface area contributed by atoms with Crippen molar-refractivity contribution in [3.8, 4) is 0 Å². The molecule has 0 saturated heterocycles. The summed E-state index contributed by atoms with van der Waals surface area (Å²) in [5.41, 5.74) is 3.75. The van der Waals surface area contributed by atoms with E-state index in [0.29, 0.717) is 11.7 Å². The smallest absolute Gasteiger partial charge is 0.163 e. The van der Waals surface area contributed by atoms with E-state index in [1.165, 1.54) is 28.9 Å². The Morgan fingerprint density at radius 3 is 2.75 bits per heavy atom. The number of Topliss-reactive ketones (excluding diaryl/α,β-unsaturated/α-hetero) is 1. The molecule has 0 amide bonds. The lowest BCUT2D eigenvalue weighted by atomic mass is 9.86. The molecule has 0 N–H and O–H groups in total. The van der Waals surface area contributed by atoms with Gasteiger partial charge in [0.15, 0.2) is 5.78 Å². The van der Waals surface area contributed by atoms with Gasteiger partial charge in [-0.05, 0) is 61.1 Å². The Balaban J connectivity index is 2.16. The van der Waals surface area contributed by atoms with Crippen LogP contribution in [0.25, 0.3) is 0 Å². The van der Waals surface area contributed by atoms with Crippen LogP contribution in [-0.2, 0) is 6.42 Å². The van der Waals surface area contributed by atoms with E-state index in [2.05, 4.69) is 18.4 Å². The molecule has 0 aliphatic heterocycles. The number of carbonyl (C=O) groups excluding carboxylic acids is 1. The van der Waals surface area contributed by atoms with Gasteiger partial charge >= 0.3 is 0 Å². The SMILES string of the molecule is CSc1cc2c(c(C3CC3)c1)C(=O)CCC2. The number of benzene rings is 1. The second-order valence-corrected chi connectivity index (χ2v) is 5.68. The van der Waals surface area contributed by atoms with E-state index >= 15 is 0 Å². The number of rotatable bonds is 2. The first-order valence-corrected chi connectivity index (χ1v) is 7.26. The van der Waals surface area contributed by atoms with Crippen LogP contribution in [0.5, 0.6) is 0 Å². The molecule has 1 fully saturated rings. The maximum absolute atomic E-state index is 12.0. The molecular formula is C14H16OS. The number of thioether (sulfide) groups is 1. The summed E-state index contributed by atoms with van der Waals surface area (Å²) < 4.78 is 0. The van der Waals surface area contributed by atoms with Crippen LogP contribution in [-0.4, -0.2) is 12.0 Å². The van der Waals surface area contributed by atoms with Gasteiger partial charge in [0, 0.05) is 16.9 Å². The molecule has 0 unspecified atom stereocenters. The van der Waals surface area contributed by atoms with E-state index in [0.717, 1.165) is 24.8 Å². The first kappa shape index (κ1) is 10.4. The standard InChI is InChI=1S/C14H16OS/c1-16-11-7-10-3-2-4-13(15)14(10)12(8-11)9-5-6-9/h7-9H,2-6H2,1H3. The third-order valence-corrected chi connectivity index (χ3v) is 4.31. The lowest BCUT2D eigenvalue weighted by molar-refractivity contribution is 0.0971. The molecule has 0 aromatic heterocycles. The fourth-order valence-electron chi connectivity index (χ4n) is 2.63. The number of ketones is 1. The highest BCUT2D eigenvalue weighted by Gasteiger charge is 2.31. The van der Waals surface area contributed by atoms with Crippen LogP contribution < -0.4 is 0 Å². The molecule has 1 nitrogen and oxygen atoms in total. The van der Waals surface area contributed by atoms with Gasteiger partial charge in [-0.1, -0.05) is 0 Å². The minimum absolute atomic E-state index is 0.385. The van der Waals surface area contributed by atoms with E-state index < -0.39 is 0 Å². The molecule has 0 spiro atoms. The molecule has 84 valence electrons. The molecule has 1 aromatic rings. The average molecular weight is 232 g/mol. The highest BCUT2D eigenvalue weighted by molar-refractivity contribution is 7.98. The van der Waals surface area contributed by atoms with Gasteiger partial charge in [-0.15, -0.1) is 11.8 Å². The Morgan fingerprint density at radius 2 is 2.06 bits per heavy atom. The van der Waals surface area contributed by atoms with Gasteiger partial charge in [-0.3, -0.25) is 4.79 Å². The predicted molar refractivity (Wildman–Crippen MR) is 67.5 cm³/mol. The average Bonchev–Trinajstić information content (AvgIpc) is 3.11. The topological polar surface area (TPSA) is 17.1 Å². The zero-order valence-corrected chi connectivity index (χ0v) is 10.4. The van der Waals surface area contributed by atoms with Crippen molar-refractivity contribution in [3.05, 3.63) is 28.8 Å². The Morgan fingerprint density at radius 1 is 1.25 bits per heavy atom. The zero-order valence-electron chi connectivity index (χ0n) is 9.58. The quantitative estimate of drug-likeness (QED) is 0.721. The van der Waals surface area contributed by atoms with Gasteiger partial charge in [0.25, 0.3) is 0 Å². The summed E-state index contributed by atoms with van der Waals surface area (Å²) in [6, 6.07) is 4.48. The second-order valence-electron chi connectivity index (χ2n) is 4.80. The first-order chi connectivity index (χ1) is 7.79. The van der Waals surface area contributed by atoms with Gasteiger partial charge in [0.2, 0.25) is 0 Å². The molecule has 16 heavy (non-hydrogen) atoms. The molecule has 2 aliphatic carbocycles. The number of aryl methyl sites for hydroxylation is 1. The molecule has 2 heteroatoms. The largest absolute Gasteiger partial charge is 0.294 e. The summed E-state index contributed by atoms with van der Waals surface area (Å²) >= 11 is 1.79. The van der Waals surface area contributed by atoms with Crippen LogP contribution in [0.3, 0.4) is 0 Å². The van der Waals surface area contributed by atoms with Crippen molar-refractivity contribution in [2.24, 2.45) is 0 Å². The van der Waals surface area contributed by atoms with Crippen LogP contribution in [0.4, 0.5) is 0 Å². The Labute approximate surface area is 101 Å². The Hall–Kier alpha value is -0.760. The van der Waals surface area contributed by atoms with Gasteiger partial charge < -0.3 is 0 Å². The fraction of sp³-hybridized carbons (Fsp3) is 0.500. The van der Waals surface area contributed by atoms with Crippen LogP contribution in [0.1, 0.15) is 53.1 Å². The van der Waals surface area contributed by atoms with Crippen molar-refractivity contribution in [1.82, 2.24) is 0 Å². The maximum Gasteiger partial charge on any atom is 0.163 e. The normalized spacial score (nSPS) is 19.7. The highest BCUT2D eigenvalue weighted by Crippen LogP contribution is 2.45. The summed E-state index contributed by atoms with van der Waals surface area (Å²) in [5, 5.41) is 0. The maximum atomic E-state index is 12.0. The molecule has 0 radical (unpaired) electrons. The first-order valence-electron chi connectivity index (χ1n) is 6.03. The number of hydrogen-bond acceptors (Lipinski definition) is 2. The van der Waals surface area contributed by atoms with Crippen molar-refractivity contribution >= 4 is 17.5 Å². The highest BCUT2D eigenvalue weighted by atomic mass is 32.2. The molecular weight excluding hydrogens is 216 g/mol. The van der Waals surface area contributed by atoms with E-state index in [9.17, 15) is 4.79 Å². The second kappa shape index (κ2) is 3.92. The minimum Gasteiger partial charge on any atom is -0.294 e. The van der Waals surface area contributed by atoms with Gasteiger partial charge in [0.1, 0.15) is 0 Å². The van der Waals surface area contributed by atoms with Crippen molar-refractivity contribution in [3.63, 3.8) is 0 Å². The number of carbonyl (C=O) groups is 1. The summed E-state index contributed by atoms with van der Waals surface area (Å²) in [6.07, 6.45) is 7.55. The molecule has 0 heterocycles. The molecule has 1 aromatic carbocycles. The molecule has 1 saturated carbocycles.